The van der Waals surface area contributed by atoms with Crippen LogP contribution in [0.1, 0.15) is 12.5 Å². The number of hydrogen-bond donors (Lipinski definition) is 0. The first-order chi connectivity index (χ1) is 14.8. The molecule has 0 bridgehead atoms. The molecule has 4 rings (SSSR count). The molecule has 1 aliphatic rings. The highest BCUT2D eigenvalue weighted by Gasteiger charge is 2.30. The van der Waals surface area contributed by atoms with Crippen molar-refractivity contribution in [1.82, 2.24) is 4.57 Å². The average Bonchev–Trinajstić information content (AvgIpc) is 3.01. The highest BCUT2D eigenvalue weighted by Crippen LogP contribution is 2.33. The van der Waals surface area contributed by atoms with E-state index in [1.807, 2.05) is 6.07 Å². The Morgan fingerprint density at radius 1 is 1.03 bits per heavy atom. The number of pyridine rings is 1. The van der Waals surface area contributed by atoms with Gasteiger partial charge in [-0.3, -0.25) is 9.59 Å². The van der Waals surface area contributed by atoms with Gasteiger partial charge in [0.2, 0.25) is 0 Å². The second-order valence-electron chi connectivity index (χ2n) is 6.96. The van der Waals surface area contributed by atoms with E-state index >= 15 is 0 Å². The maximum atomic E-state index is 13.2. The zero-order valence-corrected chi connectivity index (χ0v) is 18.7. The van der Waals surface area contributed by atoms with Crippen LogP contribution in [0.4, 0.5) is 5.69 Å². The molecule has 0 atom stereocenters. The Hall–Kier alpha value is -2.86. The zero-order valence-electron chi connectivity index (χ0n) is 16.4. The van der Waals surface area contributed by atoms with Crippen molar-refractivity contribution < 1.29 is 4.79 Å². The summed E-state index contributed by atoms with van der Waals surface area (Å²) in [4.78, 5) is 26.3. The first kappa shape index (κ1) is 21.4. The van der Waals surface area contributed by atoms with Gasteiger partial charge in [0.15, 0.2) is 0 Å². The molecule has 1 amide bonds. The number of anilines is 1. The van der Waals surface area contributed by atoms with Crippen molar-refractivity contribution in [2.75, 3.05) is 5.01 Å². The summed E-state index contributed by atoms with van der Waals surface area (Å²) >= 11 is 18.4. The minimum atomic E-state index is -0.396. The van der Waals surface area contributed by atoms with Gasteiger partial charge in [-0.05, 0) is 54.8 Å². The molecule has 0 saturated heterocycles. The molecular formula is C23H16Cl3N3O2. The number of halogens is 3. The first-order valence-corrected chi connectivity index (χ1v) is 10.4. The van der Waals surface area contributed by atoms with Crippen LogP contribution in [0.25, 0.3) is 17.0 Å². The minimum absolute atomic E-state index is 0.262. The molecule has 0 radical (unpaired) electrons. The van der Waals surface area contributed by atoms with E-state index < -0.39 is 5.91 Å². The molecule has 0 unspecified atom stereocenters. The molecule has 156 valence electrons. The lowest BCUT2D eigenvalue weighted by Crippen LogP contribution is -2.24. The largest absolute Gasteiger partial charge is 0.304 e. The van der Waals surface area contributed by atoms with Gasteiger partial charge in [-0.1, -0.05) is 46.9 Å². The highest BCUT2D eigenvalue weighted by atomic mass is 35.5. The molecule has 5 nitrogen and oxygen atoms in total. The van der Waals surface area contributed by atoms with Crippen molar-refractivity contribution in [2.45, 2.75) is 13.5 Å². The Morgan fingerprint density at radius 3 is 2.48 bits per heavy atom. The molecule has 2 aromatic carbocycles. The van der Waals surface area contributed by atoms with E-state index in [0.29, 0.717) is 49.7 Å². The third-order valence-electron chi connectivity index (χ3n) is 4.90. The van der Waals surface area contributed by atoms with Crippen LogP contribution in [0.3, 0.4) is 0 Å². The number of carbonyl (C=O) groups is 1. The summed E-state index contributed by atoms with van der Waals surface area (Å²) in [5, 5.41) is 7.63. The van der Waals surface area contributed by atoms with Crippen molar-refractivity contribution in [1.29, 1.82) is 0 Å². The van der Waals surface area contributed by atoms with Gasteiger partial charge in [0, 0.05) is 22.2 Å². The summed E-state index contributed by atoms with van der Waals surface area (Å²) in [6.45, 7) is 5.73. The first-order valence-electron chi connectivity index (χ1n) is 9.31. The van der Waals surface area contributed by atoms with Crippen LogP contribution in [0.15, 0.2) is 70.6 Å². The predicted octanol–water partition coefficient (Wildman–Crippen LogP) is 5.95. The van der Waals surface area contributed by atoms with E-state index in [9.17, 15) is 9.59 Å². The van der Waals surface area contributed by atoms with Gasteiger partial charge < -0.3 is 4.57 Å². The molecule has 0 aliphatic carbocycles. The molecule has 8 heteroatoms. The van der Waals surface area contributed by atoms with Crippen LogP contribution >= 0.6 is 34.8 Å². The van der Waals surface area contributed by atoms with Crippen LogP contribution < -0.4 is 10.6 Å². The molecule has 0 fully saturated rings. The number of aromatic nitrogens is 1. The lowest BCUT2D eigenvalue weighted by atomic mass is 10.1. The molecule has 0 N–H and O–H groups in total. The molecular weight excluding hydrogens is 457 g/mol. The number of benzene rings is 2. The van der Waals surface area contributed by atoms with Crippen molar-refractivity contribution >= 4 is 69.1 Å². The van der Waals surface area contributed by atoms with Crippen molar-refractivity contribution in [2.24, 2.45) is 5.10 Å². The summed E-state index contributed by atoms with van der Waals surface area (Å²) in [6, 6.07) is 11.8. The zero-order chi connectivity index (χ0) is 22.3. The molecule has 3 aromatic rings. The summed E-state index contributed by atoms with van der Waals surface area (Å²) in [6.07, 6.45) is 3.19. The smallest absolute Gasteiger partial charge is 0.280 e. The standard InChI is InChI=1S/C23H16Cl3N3O2/c1-3-8-28-20-11-16(24)5-4-14(20)9-15(22(28)30)10-18-13(2)27-29(23(18)31)21-12-17(25)6-7-19(21)26/h3-7,9-12H,1,8H2,2H3/b18-10-. The summed E-state index contributed by atoms with van der Waals surface area (Å²) in [5.74, 6) is -0.396. The Kier molecular flexibility index (Phi) is 5.75. The lowest BCUT2D eigenvalue weighted by molar-refractivity contribution is -0.114. The second-order valence-corrected chi connectivity index (χ2v) is 8.24. The van der Waals surface area contributed by atoms with Gasteiger partial charge in [0.1, 0.15) is 0 Å². The van der Waals surface area contributed by atoms with Gasteiger partial charge in [-0.15, -0.1) is 6.58 Å². The normalized spacial score (nSPS) is 15.1. The van der Waals surface area contributed by atoms with Gasteiger partial charge in [-0.25, -0.2) is 0 Å². The number of nitrogens with zero attached hydrogens (tertiary/aromatic N) is 3. The summed E-state index contributed by atoms with van der Waals surface area (Å²) in [5.41, 5.74) is 1.92. The SMILES string of the molecule is C=CCn1c(=O)c(/C=C2\C(=O)N(c3cc(Cl)ccc3Cl)N=C2C)cc2ccc(Cl)cc21. The van der Waals surface area contributed by atoms with E-state index in [2.05, 4.69) is 11.7 Å². The van der Waals surface area contributed by atoms with Crippen LogP contribution in [0.5, 0.6) is 0 Å². The fraction of sp³-hybridized carbons (Fsp3) is 0.0870. The van der Waals surface area contributed by atoms with Crippen molar-refractivity contribution in [3.8, 4) is 0 Å². The summed E-state index contributed by atoms with van der Waals surface area (Å²) < 4.78 is 1.57. The number of hydrazone groups is 1. The average molecular weight is 473 g/mol. The number of carbonyl (C=O) groups excluding carboxylic acids is 1. The highest BCUT2D eigenvalue weighted by molar-refractivity contribution is 6.38. The Morgan fingerprint density at radius 2 is 1.74 bits per heavy atom. The second kappa shape index (κ2) is 8.35. The number of amides is 1. The van der Waals surface area contributed by atoms with E-state index in [1.165, 1.54) is 5.01 Å². The summed E-state index contributed by atoms with van der Waals surface area (Å²) in [7, 11) is 0. The number of fused-ring (bicyclic) bond motifs is 1. The molecule has 1 aromatic heterocycles. The van der Waals surface area contributed by atoms with Crippen LogP contribution in [0.2, 0.25) is 15.1 Å². The fourth-order valence-corrected chi connectivity index (χ4v) is 3.96. The maximum Gasteiger partial charge on any atom is 0.280 e. The quantitative estimate of drug-likeness (QED) is 0.348. The number of allylic oxidation sites excluding steroid dienone is 1. The van der Waals surface area contributed by atoms with Crippen LogP contribution in [-0.2, 0) is 11.3 Å². The van der Waals surface area contributed by atoms with E-state index in [1.54, 1.807) is 60.0 Å². The Labute approximate surface area is 193 Å². The molecule has 1 aliphatic heterocycles. The van der Waals surface area contributed by atoms with Gasteiger partial charge in [0.25, 0.3) is 11.5 Å². The lowest BCUT2D eigenvalue weighted by Gasteiger charge is -2.14. The Bertz CT molecular complexity index is 1370. The Balaban J connectivity index is 1.84. The third kappa shape index (κ3) is 3.92. The monoisotopic (exact) mass is 471 g/mol. The van der Waals surface area contributed by atoms with Gasteiger partial charge >= 0.3 is 0 Å². The fourth-order valence-electron chi connectivity index (χ4n) is 3.43. The van der Waals surface area contributed by atoms with Crippen molar-refractivity contribution in [3.63, 3.8) is 0 Å². The minimum Gasteiger partial charge on any atom is -0.304 e. The maximum absolute atomic E-state index is 13.2. The third-order valence-corrected chi connectivity index (χ3v) is 5.69. The van der Waals surface area contributed by atoms with E-state index in [0.717, 1.165) is 5.39 Å². The van der Waals surface area contributed by atoms with E-state index in [-0.39, 0.29) is 5.56 Å². The molecule has 31 heavy (non-hydrogen) atoms. The van der Waals surface area contributed by atoms with Crippen LogP contribution in [-0.4, -0.2) is 16.2 Å². The van der Waals surface area contributed by atoms with E-state index in [4.69, 9.17) is 34.8 Å². The van der Waals surface area contributed by atoms with Crippen molar-refractivity contribution in [3.05, 3.63) is 91.7 Å². The number of hydrogen-bond acceptors (Lipinski definition) is 3. The molecule has 2 heterocycles. The molecule has 0 spiro atoms. The van der Waals surface area contributed by atoms with Crippen LogP contribution in [0, 0.1) is 0 Å². The number of rotatable bonds is 4. The topological polar surface area (TPSA) is 54.7 Å². The van der Waals surface area contributed by atoms with Gasteiger partial charge in [0.05, 0.1) is 27.5 Å². The predicted molar refractivity (Wildman–Crippen MR) is 128 cm³/mol. The van der Waals surface area contributed by atoms with Gasteiger partial charge in [-0.2, -0.15) is 10.1 Å². The molecule has 0 saturated carbocycles.